The van der Waals surface area contributed by atoms with Gasteiger partial charge in [-0.25, -0.2) is 4.39 Å². The largest absolute Gasteiger partial charge is 0.394 e. The molecule has 0 saturated carbocycles. The molecule has 6 heteroatoms. The molecule has 0 spiro atoms. The Labute approximate surface area is 157 Å². The van der Waals surface area contributed by atoms with E-state index in [9.17, 15) is 19.1 Å². The van der Waals surface area contributed by atoms with Crippen molar-refractivity contribution < 1.29 is 19.1 Å². The first-order chi connectivity index (χ1) is 12.9. The number of nitrogens with one attached hydrogen (secondary N) is 1. The van der Waals surface area contributed by atoms with Gasteiger partial charge in [-0.05, 0) is 28.8 Å². The standard InChI is InChI=1S/C21H23FN2O3/c1-13(26)23-11-19-21(20(12-25)24(19)14(2)27)16-8-6-15(7-9-16)17-4-3-5-18(22)10-17/h3-10,19-21,25H,11-12H2,1-2H3,(H,23,26)/t19-,20-,21+/m1/s1. The van der Waals surface area contributed by atoms with E-state index in [0.717, 1.165) is 16.7 Å². The summed E-state index contributed by atoms with van der Waals surface area (Å²) < 4.78 is 13.4. The molecule has 1 heterocycles. The monoisotopic (exact) mass is 370 g/mol. The van der Waals surface area contributed by atoms with Crippen molar-refractivity contribution in [3.63, 3.8) is 0 Å². The van der Waals surface area contributed by atoms with Crippen molar-refractivity contribution in [2.45, 2.75) is 31.8 Å². The molecule has 0 bridgehead atoms. The molecule has 3 atom stereocenters. The zero-order valence-corrected chi connectivity index (χ0v) is 15.4. The van der Waals surface area contributed by atoms with Crippen LogP contribution in [0.1, 0.15) is 25.3 Å². The van der Waals surface area contributed by atoms with Crippen LogP contribution in [0.25, 0.3) is 11.1 Å². The van der Waals surface area contributed by atoms with Gasteiger partial charge in [-0.2, -0.15) is 0 Å². The number of rotatable bonds is 5. The second kappa shape index (κ2) is 7.88. The van der Waals surface area contributed by atoms with Crippen molar-refractivity contribution in [2.24, 2.45) is 0 Å². The Hall–Kier alpha value is -2.73. The third kappa shape index (κ3) is 3.85. The molecule has 2 N–H and O–H groups in total. The molecule has 5 nitrogen and oxygen atoms in total. The SMILES string of the molecule is CC(=O)NC[C@@H]1[C@H](c2ccc(-c3cccc(F)c3)cc2)[C@@H](CO)N1C(C)=O. The summed E-state index contributed by atoms with van der Waals surface area (Å²) in [7, 11) is 0. The molecule has 1 fully saturated rings. The number of halogens is 1. The minimum Gasteiger partial charge on any atom is -0.394 e. The van der Waals surface area contributed by atoms with E-state index in [2.05, 4.69) is 5.32 Å². The van der Waals surface area contributed by atoms with Crippen molar-refractivity contribution >= 4 is 11.8 Å². The fraction of sp³-hybridized carbons (Fsp3) is 0.333. The maximum atomic E-state index is 13.4. The fourth-order valence-electron chi connectivity index (χ4n) is 3.90. The van der Waals surface area contributed by atoms with Crippen LogP contribution in [0, 0.1) is 5.82 Å². The lowest BCUT2D eigenvalue weighted by Gasteiger charge is -2.54. The summed E-state index contributed by atoms with van der Waals surface area (Å²) in [4.78, 5) is 24.9. The van der Waals surface area contributed by atoms with Crippen molar-refractivity contribution in [2.75, 3.05) is 13.2 Å². The molecule has 1 saturated heterocycles. The topological polar surface area (TPSA) is 69.6 Å². The van der Waals surface area contributed by atoms with Crippen LogP contribution in [-0.2, 0) is 9.59 Å². The lowest BCUT2D eigenvalue weighted by molar-refractivity contribution is -0.148. The molecule has 27 heavy (non-hydrogen) atoms. The van der Waals surface area contributed by atoms with E-state index in [0.29, 0.717) is 6.54 Å². The summed E-state index contributed by atoms with van der Waals surface area (Å²) in [5.74, 6) is -0.654. The van der Waals surface area contributed by atoms with Gasteiger partial charge in [0.2, 0.25) is 11.8 Å². The van der Waals surface area contributed by atoms with Crippen molar-refractivity contribution in [1.82, 2.24) is 10.2 Å². The quantitative estimate of drug-likeness (QED) is 0.849. The van der Waals surface area contributed by atoms with Crippen LogP contribution in [-0.4, -0.2) is 47.1 Å². The summed E-state index contributed by atoms with van der Waals surface area (Å²) in [6.07, 6.45) is 0. The number of aliphatic hydroxyl groups excluding tert-OH is 1. The van der Waals surface area contributed by atoms with E-state index in [1.54, 1.807) is 11.0 Å². The number of hydrogen-bond donors (Lipinski definition) is 2. The van der Waals surface area contributed by atoms with Gasteiger partial charge >= 0.3 is 0 Å². The summed E-state index contributed by atoms with van der Waals surface area (Å²) in [5, 5.41) is 12.5. The Morgan fingerprint density at radius 1 is 1.07 bits per heavy atom. The number of hydrogen-bond acceptors (Lipinski definition) is 3. The smallest absolute Gasteiger partial charge is 0.220 e. The normalized spacial score (nSPS) is 21.5. The second-order valence-corrected chi connectivity index (χ2v) is 6.84. The summed E-state index contributed by atoms with van der Waals surface area (Å²) in [6, 6.07) is 13.6. The third-order valence-corrected chi connectivity index (χ3v) is 5.11. The van der Waals surface area contributed by atoms with Crippen LogP contribution in [0.2, 0.25) is 0 Å². The minimum atomic E-state index is -0.318. The molecule has 3 rings (SSSR count). The highest BCUT2D eigenvalue weighted by Gasteiger charge is 2.49. The van der Waals surface area contributed by atoms with Crippen LogP contribution in [0.5, 0.6) is 0 Å². The Balaban J connectivity index is 1.85. The second-order valence-electron chi connectivity index (χ2n) is 6.84. The first-order valence-electron chi connectivity index (χ1n) is 8.92. The van der Waals surface area contributed by atoms with Gasteiger partial charge in [-0.15, -0.1) is 0 Å². The Bertz CT molecular complexity index is 838. The Morgan fingerprint density at radius 2 is 1.78 bits per heavy atom. The third-order valence-electron chi connectivity index (χ3n) is 5.11. The van der Waals surface area contributed by atoms with Gasteiger partial charge in [0.25, 0.3) is 0 Å². The first kappa shape index (κ1) is 19.0. The van der Waals surface area contributed by atoms with Gasteiger partial charge in [-0.3, -0.25) is 9.59 Å². The molecule has 0 unspecified atom stereocenters. The number of carbonyl (C=O) groups is 2. The predicted molar refractivity (Wildman–Crippen MR) is 100 cm³/mol. The highest BCUT2D eigenvalue weighted by atomic mass is 19.1. The average molecular weight is 370 g/mol. The van der Waals surface area contributed by atoms with Gasteiger partial charge in [0, 0.05) is 26.3 Å². The van der Waals surface area contributed by atoms with E-state index >= 15 is 0 Å². The van der Waals surface area contributed by atoms with E-state index in [4.69, 9.17) is 0 Å². The van der Waals surface area contributed by atoms with Gasteiger partial charge in [0.15, 0.2) is 0 Å². The van der Waals surface area contributed by atoms with Crippen LogP contribution < -0.4 is 5.32 Å². The lowest BCUT2D eigenvalue weighted by Crippen LogP contribution is -2.68. The maximum absolute atomic E-state index is 13.4. The van der Waals surface area contributed by atoms with Crippen molar-refractivity contribution in [3.8, 4) is 11.1 Å². The molecule has 142 valence electrons. The van der Waals surface area contributed by atoms with Gasteiger partial charge in [0.05, 0.1) is 18.7 Å². The number of amides is 2. The van der Waals surface area contributed by atoms with Crippen molar-refractivity contribution in [3.05, 3.63) is 59.9 Å². The van der Waals surface area contributed by atoms with Crippen LogP contribution in [0.4, 0.5) is 4.39 Å². The number of likely N-dealkylation sites (tertiary alicyclic amines) is 1. The molecule has 1 aliphatic heterocycles. The number of benzene rings is 2. The molecule has 2 aromatic rings. The lowest BCUT2D eigenvalue weighted by atomic mass is 9.74. The molecule has 0 radical (unpaired) electrons. The zero-order valence-electron chi connectivity index (χ0n) is 15.4. The summed E-state index contributed by atoms with van der Waals surface area (Å²) >= 11 is 0. The average Bonchev–Trinajstić information content (AvgIpc) is 2.61. The van der Waals surface area contributed by atoms with E-state index in [1.165, 1.54) is 26.0 Å². The first-order valence-corrected chi connectivity index (χ1v) is 8.92. The number of aliphatic hydroxyl groups is 1. The number of nitrogens with zero attached hydrogens (tertiary/aromatic N) is 1. The minimum absolute atomic E-state index is 0.0766. The number of carbonyl (C=O) groups excluding carboxylic acids is 2. The molecule has 1 aliphatic rings. The van der Waals surface area contributed by atoms with Gasteiger partial charge in [0.1, 0.15) is 5.82 Å². The summed E-state index contributed by atoms with van der Waals surface area (Å²) in [5.41, 5.74) is 2.65. The molecular formula is C21H23FN2O3. The predicted octanol–water partition coefficient (Wildman–Crippen LogP) is 2.30. The van der Waals surface area contributed by atoms with Crippen LogP contribution >= 0.6 is 0 Å². The summed E-state index contributed by atoms with van der Waals surface area (Å²) in [6.45, 7) is 3.09. The molecular weight excluding hydrogens is 347 g/mol. The van der Waals surface area contributed by atoms with E-state index in [1.807, 2.05) is 30.3 Å². The van der Waals surface area contributed by atoms with Gasteiger partial charge < -0.3 is 15.3 Å². The highest BCUT2D eigenvalue weighted by Crippen LogP contribution is 2.41. The van der Waals surface area contributed by atoms with Gasteiger partial charge in [-0.1, -0.05) is 36.4 Å². The molecule has 0 aliphatic carbocycles. The Kier molecular flexibility index (Phi) is 5.56. The molecule has 2 aromatic carbocycles. The van der Waals surface area contributed by atoms with Crippen LogP contribution in [0.15, 0.2) is 48.5 Å². The van der Waals surface area contributed by atoms with Crippen LogP contribution in [0.3, 0.4) is 0 Å². The van der Waals surface area contributed by atoms with E-state index in [-0.39, 0.29) is 42.2 Å². The fourth-order valence-corrected chi connectivity index (χ4v) is 3.90. The maximum Gasteiger partial charge on any atom is 0.220 e. The Morgan fingerprint density at radius 3 is 2.33 bits per heavy atom. The molecule has 0 aromatic heterocycles. The highest BCUT2D eigenvalue weighted by molar-refractivity contribution is 5.77. The van der Waals surface area contributed by atoms with Crippen molar-refractivity contribution in [1.29, 1.82) is 0 Å². The van der Waals surface area contributed by atoms with E-state index < -0.39 is 0 Å². The zero-order chi connectivity index (χ0) is 19.6. The molecule has 2 amide bonds.